The van der Waals surface area contributed by atoms with Gasteiger partial charge in [-0.2, -0.15) is 0 Å². The van der Waals surface area contributed by atoms with Crippen LogP contribution in [0.3, 0.4) is 0 Å². The lowest BCUT2D eigenvalue weighted by molar-refractivity contribution is 0.0817. The van der Waals surface area contributed by atoms with E-state index in [1.165, 1.54) is 0 Å². The topological polar surface area (TPSA) is 34.1 Å². The van der Waals surface area contributed by atoms with Crippen molar-refractivity contribution in [3.05, 3.63) is 108 Å². The van der Waals surface area contributed by atoms with Gasteiger partial charge in [0.05, 0.1) is 0 Å². The van der Waals surface area contributed by atoms with Crippen molar-refractivity contribution >= 4 is 11.6 Å². The SMILES string of the molecule is O=C(C(=O)c1ccccc1)c1ccccc1.c1ccccc1. The molecule has 0 bridgehead atoms. The highest BCUT2D eigenvalue weighted by Crippen LogP contribution is 2.07. The summed E-state index contributed by atoms with van der Waals surface area (Å²) in [5, 5.41) is 0. The van der Waals surface area contributed by atoms with Gasteiger partial charge in [0.25, 0.3) is 0 Å². The first kappa shape index (κ1) is 15.4. The summed E-state index contributed by atoms with van der Waals surface area (Å²) < 4.78 is 0. The maximum absolute atomic E-state index is 11.8. The second kappa shape index (κ2) is 8.32. The Hall–Kier alpha value is -3.00. The Morgan fingerprint density at radius 1 is 0.409 bits per heavy atom. The van der Waals surface area contributed by atoms with E-state index in [1.807, 2.05) is 48.5 Å². The van der Waals surface area contributed by atoms with Crippen LogP contribution < -0.4 is 0 Å². The third kappa shape index (κ3) is 4.53. The third-order valence-corrected chi connectivity index (χ3v) is 2.94. The van der Waals surface area contributed by atoms with Gasteiger partial charge >= 0.3 is 0 Å². The standard InChI is InChI=1S/C14H10O2.C6H6/c15-13(11-7-3-1-4-8-11)14(16)12-9-5-2-6-10-12;1-2-4-6-5-3-1/h1-10H;1-6H. The molecule has 3 aromatic rings. The smallest absolute Gasteiger partial charge is 0.233 e. The van der Waals surface area contributed by atoms with Crippen LogP contribution in [0.4, 0.5) is 0 Å². The van der Waals surface area contributed by atoms with Gasteiger partial charge in [0, 0.05) is 11.1 Å². The van der Waals surface area contributed by atoms with Gasteiger partial charge in [-0.1, -0.05) is 97.1 Å². The Morgan fingerprint density at radius 2 is 0.636 bits per heavy atom. The zero-order valence-corrected chi connectivity index (χ0v) is 12.1. The van der Waals surface area contributed by atoms with Gasteiger partial charge in [-0.25, -0.2) is 0 Å². The molecular weight excluding hydrogens is 272 g/mol. The maximum Gasteiger partial charge on any atom is 0.233 e. The number of hydrogen-bond acceptors (Lipinski definition) is 2. The van der Waals surface area contributed by atoms with Crippen LogP contribution in [-0.4, -0.2) is 11.6 Å². The van der Waals surface area contributed by atoms with E-state index in [4.69, 9.17) is 0 Å². The molecule has 0 unspecified atom stereocenters. The highest BCUT2D eigenvalue weighted by Gasteiger charge is 2.16. The van der Waals surface area contributed by atoms with Crippen molar-refractivity contribution in [3.63, 3.8) is 0 Å². The van der Waals surface area contributed by atoms with E-state index in [0.717, 1.165) is 0 Å². The van der Waals surface area contributed by atoms with Crippen LogP contribution in [0.15, 0.2) is 97.1 Å². The van der Waals surface area contributed by atoms with Gasteiger partial charge in [-0.05, 0) is 0 Å². The molecule has 0 radical (unpaired) electrons. The molecule has 2 heteroatoms. The maximum atomic E-state index is 11.8. The first-order chi connectivity index (χ1) is 10.8. The molecule has 0 aliphatic heterocycles. The number of Topliss-reactive ketones (excluding diaryl/α,β-unsaturated/α-hetero) is 2. The number of carbonyl (C=O) groups is 2. The summed E-state index contributed by atoms with van der Waals surface area (Å²) in [6.07, 6.45) is 0. The van der Waals surface area contributed by atoms with Crippen molar-refractivity contribution in [2.24, 2.45) is 0 Å². The largest absolute Gasteiger partial charge is 0.285 e. The molecule has 0 aliphatic rings. The second-order valence-electron chi connectivity index (χ2n) is 4.54. The molecule has 0 aliphatic carbocycles. The zero-order chi connectivity index (χ0) is 15.6. The van der Waals surface area contributed by atoms with Gasteiger partial charge in [0.15, 0.2) is 0 Å². The molecule has 0 saturated heterocycles. The Kier molecular flexibility index (Phi) is 5.82. The molecule has 0 spiro atoms. The molecule has 0 N–H and O–H groups in total. The van der Waals surface area contributed by atoms with E-state index in [0.29, 0.717) is 11.1 Å². The lowest BCUT2D eigenvalue weighted by atomic mass is 10.0. The summed E-state index contributed by atoms with van der Waals surface area (Å²) in [6, 6.07) is 29.2. The third-order valence-electron chi connectivity index (χ3n) is 2.94. The average Bonchev–Trinajstić information content (AvgIpc) is 2.64. The van der Waals surface area contributed by atoms with E-state index < -0.39 is 11.6 Å². The zero-order valence-electron chi connectivity index (χ0n) is 12.1. The average molecular weight is 288 g/mol. The fourth-order valence-electron chi connectivity index (χ4n) is 1.83. The van der Waals surface area contributed by atoms with E-state index >= 15 is 0 Å². The van der Waals surface area contributed by atoms with Crippen molar-refractivity contribution in [3.8, 4) is 0 Å². The Labute approximate surface area is 130 Å². The van der Waals surface area contributed by atoms with Crippen LogP contribution in [0.25, 0.3) is 0 Å². The summed E-state index contributed by atoms with van der Waals surface area (Å²) in [5.41, 5.74) is 0.854. The van der Waals surface area contributed by atoms with Crippen molar-refractivity contribution < 1.29 is 9.59 Å². The van der Waals surface area contributed by atoms with Crippen LogP contribution in [0.2, 0.25) is 0 Å². The first-order valence-electron chi connectivity index (χ1n) is 6.98. The molecule has 0 fully saturated rings. The molecular formula is C20H16O2. The number of hydrogen-bond donors (Lipinski definition) is 0. The molecule has 2 nitrogen and oxygen atoms in total. The summed E-state index contributed by atoms with van der Waals surface area (Å²) in [4.78, 5) is 23.6. The molecule has 0 atom stereocenters. The predicted molar refractivity (Wildman–Crippen MR) is 88.0 cm³/mol. The minimum atomic E-state index is -0.466. The highest BCUT2D eigenvalue weighted by atomic mass is 16.2. The van der Waals surface area contributed by atoms with Crippen molar-refractivity contribution in [1.82, 2.24) is 0 Å². The minimum Gasteiger partial charge on any atom is -0.285 e. The summed E-state index contributed by atoms with van der Waals surface area (Å²) >= 11 is 0. The molecule has 108 valence electrons. The van der Waals surface area contributed by atoms with Crippen molar-refractivity contribution in [2.45, 2.75) is 0 Å². The van der Waals surface area contributed by atoms with Gasteiger partial charge in [-0.15, -0.1) is 0 Å². The lowest BCUT2D eigenvalue weighted by Gasteiger charge is -1.99. The first-order valence-corrected chi connectivity index (χ1v) is 6.98. The van der Waals surface area contributed by atoms with Crippen LogP contribution in [0.5, 0.6) is 0 Å². The Morgan fingerprint density at radius 3 is 0.909 bits per heavy atom. The predicted octanol–water partition coefficient (Wildman–Crippen LogP) is 4.44. The Balaban J connectivity index is 0.000000246. The van der Waals surface area contributed by atoms with Crippen LogP contribution in [0, 0.1) is 0 Å². The number of ketones is 2. The molecule has 0 heterocycles. The monoisotopic (exact) mass is 288 g/mol. The van der Waals surface area contributed by atoms with Gasteiger partial charge in [0.2, 0.25) is 11.6 Å². The van der Waals surface area contributed by atoms with E-state index in [2.05, 4.69) is 0 Å². The number of rotatable bonds is 3. The van der Waals surface area contributed by atoms with Gasteiger partial charge < -0.3 is 0 Å². The second-order valence-corrected chi connectivity index (χ2v) is 4.54. The van der Waals surface area contributed by atoms with Gasteiger partial charge in [-0.3, -0.25) is 9.59 Å². The molecule has 22 heavy (non-hydrogen) atoms. The van der Waals surface area contributed by atoms with Gasteiger partial charge in [0.1, 0.15) is 0 Å². The van der Waals surface area contributed by atoms with Crippen molar-refractivity contribution in [2.75, 3.05) is 0 Å². The molecule has 0 amide bonds. The summed E-state index contributed by atoms with van der Waals surface area (Å²) in [5.74, 6) is -0.932. The lowest BCUT2D eigenvalue weighted by Crippen LogP contribution is -2.14. The summed E-state index contributed by atoms with van der Waals surface area (Å²) in [6.45, 7) is 0. The Bertz CT molecular complexity index is 628. The van der Waals surface area contributed by atoms with Crippen molar-refractivity contribution in [1.29, 1.82) is 0 Å². The van der Waals surface area contributed by atoms with Crippen LogP contribution in [-0.2, 0) is 0 Å². The van der Waals surface area contributed by atoms with Crippen LogP contribution in [0.1, 0.15) is 20.7 Å². The molecule has 3 aromatic carbocycles. The normalized spacial score (nSPS) is 9.27. The number of benzene rings is 3. The fourth-order valence-corrected chi connectivity index (χ4v) is 1.83. The summed E-state index contributed by atoms with van der Waals surface area (Å²) in [7, 11) is 0. The number of carbonyl (C=O) groups excluding carboxylic acids is 2. The van der Waals surface area contributed by atoms with E-state index in [9.17, 15) is 9.59 Å². The van der Waals surface area contributed by atoms with E-state index in [1.54, 1.807) is 48.5 Å². The van der Waals surface area contributed by atoms with Crippen LogP contribution >= 0.6 is 0 Å². The molecule has 0 aromatic heterocycles. The highest BCUT2D eigenvalue weighted by molar-refractivity contribution is 6.49. The van der Waals surface area contributed by atoms with E-state index in [-0.39, 0.29) is 0 Å². The quantitative estimate of drug-likeness (QED) is 0.527. The molecule has 0 saturated carbocycles. The minimum absolute atomic E-state index is 0.427. The fraction of sp³-hybridized carbons (Fsp3) is 0. The molecule has 3 rings (SSSR count).